The number of hydrogen-bond acceptors (Lipinski definition) is 5. The Morgan fingerprint density at radius 3 is 2.81 bits per heavy atom. The molecule has 0 fully saturated rings. The number of halogens is 1. The molecule has 3 rings (SSSR count). The second kappa shape index (κ2) is 9.96. The number of carbonyl (C=O) groups excluding carboxylic acids is 1. The molecule has 0 aliphatic rings. The number of esters is 1. The summed E-state index contributed by atoms with van der Waals surface area (Å²) in [5.41, 5.74) is 2.16. The molecule has 0 aliphatic carbocycles. The number of benzene rings is 1. The van der Waals surface area contributed by atoms with E-state index in [9.17, 15) is 4.79 Å². The molecule has 0 amide bonds. The van der Waals surface area contributed by atoms with Gasteiger partial charge in [0, 0.05) is 34.8 Å². The molecule has 1 atom stereocenters. The highest BCUT2D eigenvalue weighted by atomic mass is 35.5. The van der Waals surface area contributed by atoms with E-state index < -0.39 is 5.60 Å². The number of fused-ring (bicyclic) bond motifs is 1. The highest BCUT2D eigenvalue weighted by molar-refractivity contribution is 6.33. The van der Waals surface area contributed by atoms with Crippen molar-refractivity contribution in [1.82, 2.24) is 15.0 Å². The van der Waals surface area contributed by atoms with E-state index in [-0.39, 0.29) is 12.0 Å². The second-order valence-electron chi connectivity index (χ2n) is 7.74. The predicted molar refractivity (Wildman–Crippen MR) is 126 cm³/mol. The molecule has 2 heterocycles. The van der Waals surface area contributed by atoms with Gasteiger partial charge >= 0.3 is 5.97 Å². The Labute approximate surface area is 188 Å². The number of rotatable bonds is 10. The fraction of sp³-hybridized carbons (Fsp3) is 0.375. The lowest BCUT2D eigenvalue weighted by molar-refractivity contribution is -0.155. The van der Waals surface area contributed by atoms with Crippen molar-refractivity contribution in [3.63, 3.8) is 0 Å². The molecule has 7 heteroatoms. The van der Waals surface area contributed by atoms with Crippen LogP contribution in [-0.2, 0) is 9.53 Å². The SMILES string of the molecule is C=CC(=O)OC(CC)(CC)CCC(C)Nc1ncc(Cl)c(-c2c[nH]c3ccccc23)n1. The fourth-order valence-corrected chi connectivity index (χ4v) is 3.91. The van der Waals surface area contributed by atoms with Crippen LogP contribution in [-0.4, -0.2) is 32.6 Å². The summed E-state index contributed by atoms with van der Waals surface area (Å²) in [6.07, 6.45) is 7.77. The van der Waals surface area contributed by atoms with Crippen molar-refractivity contribution in [2.45, 2.75) is 58.1 Å². The summed E-state index contributed by atoms with van der Waals surface area (Å²) < 4.78 is 5.67. The zero-order valence-corrected chi connectivity index (χ0v) is 19.0. The molecule has 0 radical (unpaired) electrons. The van der Waals surface area contributed by atoms with Crippen LogP contribution < -0.4 is 5.32 Å². The van der Waals surface area contributed by atoms with E-state index in [2.05, 4.69) is 33.8 Å². The summed E-state index contributed by atoms with van der Waals surface area (Å²) in [6.45, 7) is 9.64. The zero-order valence-electron chi connectivity index (χ0n) is 18.2. The molecule has 2 aromatic heterocycles. The zero-order chi connectivity index (χ0) is 22.4. The first-order valence-electron chi connectivity index (χ1n) is 10.6. The van der Waals surface area contributed by atoms with E-state index in [4.69, 9.17) is 16.3 Å². The molecule has 2 N–H and O–H groups in total. The molecule has 3 aromatic rings. The van der Waals surface area contributed by atoms with Crippen LogP contribution in [0.3, 0.4) is 0 Å². The Kier molecular flexibility index (Phi) is 7.33. The number of nitrogens with zero attached hydrogens (tertiary/aromatic N) is 2. The summed E-state index contributed by atoms with van der Waals surface area (Å²) >= 11 is 6.42. The van der Waals surface area contributed by atoms with Gasteiger partial charge in [0.15, 0.2) is 0 Å². The van der Waals surface area contributed by atoms with E-state index in [1.54, 1.807) is 6.20 Å². The topological polar surface area (TPSA) is 79.9 Å². The van der Waals surface area contributed by atoms with E-state index in [0.29, 0.717) is 16.7 Å². The molecule has 0 aliphatic heterocycles. The smallest absolute Gasteiger partial charge is 0.330 e. The lowest BCUT2D eigenvalue weighted by Crippen LogP contribution is -2.35. The minimum Gasteiger partial charge on any atom is -0.456 e. The van der Waals surface area contributed by atoms with Crippen LogP contribution in [0.5, 0.6) is 0 Å². The van der Waals surface area contributed by atoms with E-state index in [1.807, 2.05) is 44.3 Å². The normalized spacial score (nSPS) is 12.5. The van der Waals surface area contributed by atoms with E-state index in [1.165, 1.54) is 6.08 Å². The fourth-order valence-electron chi connectivity index (χ4n) is 3.72. The van der Waals surface area contributed by atoms with Crippen LogP contribution in [0, 0.1) is 0 Å². The third kappa shape index (κ3) is 5.25. The molecular formula is C24H29ClN4O2. The number of hydrogen-bond donors (Lipinski definition) is 2. The molecule has 1 unspecified atom stereocenters. The summed E-state index contributed by atoms with van der Waals surface area (Å²) in [5.74, 6) is 0.132. The molecule has 164 valence electrons. The van der Waals surface area contributed by atoms with Gasteiger partial charge in [0.2, 0.25) is 5.95 Å². The van der Waals surface area contributed by atoms with Gasteiger partial charge in [0.1, 0.15) is 5.60 Å². The Balaban J connectivity index is 1.73. The number of anilines is 1. The maximum Gasteiger partial charge on any atom is 0.330 e. The van der Waals surface area contributed by atoms with Crippen molar-refractivity contribution in [2.24, 2.45) is 0 Å². The number of H-pyrrole nitrogens is 1. The lowest BCUT2D eigenvalue weighted by Gasteiger charge is -2.32. The van der Waals surface area contributed by atoms with Gasteiger partial charge in [-0.15, -0.1) is 0 Å². The number of nitrogens with one attached hydrogen (secondary N) is 2. The number of para-hydroxylation sites is 1. The van der Waals surface area contributed by atoms with Gasteiger partial charge in [-0.2, -0.15) is 0 Å². The van der Waals surface area contributed by atoms with Crippen LogP contribution in [0.25, 0.3) is 22.2 Å². The molecule has 0 bridgehead atoms. The van der Waals surface area contributed by atoms with Crippen LogP contribution in [0.4, 0.5) is 5.95 Å². The molecule has 31 heavy (non-hydrogen) atoms. The average molecular weight is 441 g/mol. The molecule has 0 spiro atoms. The molecule has 0 saturated heterocycles. The van der Waals surface area contributed by atoms with Crippen molar-refractivity contribution in [3.05, 3.63) is 54.3 Å². The monoisotopic (exact) mass is 440 g/mol. The highest BCUT2D eigenvalue weighted by Crippen LogP contribution is 2.33. The molecule has 0 saturated carbocycles. The molecular weight excluding hydrogens is 412 g/mol. The Morgan fingerprint density at radius 1 is 1.35 bits per heavy atom. The van der Waals surface area contributed by atoms with Gasteiger partial charge < -0.3 is 15.0 Å². The van der Waals surface area contributed by atoms with Crippen LogP contribution in [0.2, 0.25) is 5.02 Å². The van der Waals surface area contributed by atoms with Crippen molar-refractivity contribution >= 4 is 34.4 Å². The predicted octanol–water partition coefficient (Wildman–Crippen LogP) is 6.15. The first kappa shape index (κ1) is 22.8. The van der Waals surface area contributed by atoms with Crippen molar-refractivity contribution in [3.8, 4) is 11.3 Å². The second-order valence-corrected chi connectivity index (χ2v) is 8.14. The molecule has 6 nitrogen and oxygen atoms in total. The maximum atomic E-state index is 11.8. The van der Waals surface area contributed by atoms with Gasteiger partial charge in [-0.1, -0.05) is 50.2 Å². The van der Waals surface area contributed by atoms with E-state index in [0.717, 1.165) is 42.1 Å². The number of aromatic amines is 1. The number of aromatic nitrogens is 3. The van der Waals surface area contributed by atoms with Crippen molar-refractivity contribution in [2.75, 3.05) is 5.32 Å². The van der Waals surface area contributed by atoms with Gasteiger partial charge in [-0.25, -0.2) is 14.8 Å². The van der Waals surface area contributed by atoms with Crippen molar-refractivity contribution in [1.29, 1.82) is 0 Å². The Morgan fingerprint density at radius 2 is 2.10 bits per heavy atom. The van der Waals surface area contributed by atoms with Gasteiger partial charge in [0.05, 0.1) is 16.9 Å². The third-order valence-electron chi connectivity index (χ3n) is 5.77. The Hall–Kier alpha value is -2.86. The Bertz CT molecular complexity index is 1060. The highest BCUT2D eigenvalue weighted by Gasteiger charge is 2.30. The summed E-state index contributed by atoms with van der Waals surface area (Å²) in [4.78, 5) is 24.1. The first-order chi connectivity index (χ1) is 14.9. The number of carbonyl (C=O) groups is 1. The largest absolute Gasteiger partial charge is 0.456 e. The first-order valence-corrected chi connectivity index (χ1v) is 11.0. The van der Waals surface area contributed by atoms with Crippen molar-refractivity contribution < 1.29 is 9.53 Å². The molecule has 1 aromatic carbocycles. The minimum atomic E-state index is -0.489. The van der Waals surface area contributed by atoms with Crippen LogP contribution in [0.1, 0.15) is 46.5 Å². The summed E-state index contributed by atoms with van der Waals surface area (Å²) in [5, 5.41) is 4.91. The number of ether oxygens (including phenoxy) is 1. The lowest BCUT2D eigenvalue weighted by atomic mass is 9.90. The van der Waals surface area contributed by atoms with Gasteiger partial charge in [0.25, 0.3) is 0 Å². The van der Waals surface area contributed by atoms with Crippen LogP contribution in [0.15, 0.2) is 49.3 Å². The van der Waals surface area contributed by atoms with Crippen LogP contribution >= 0.6 is 11.6 Å². The average Bonchev–Trinajstić information content (AvgIpc) is 3.22. The van der Waals surface area contributed by atoms with Gasteiger partial charge in [-0.3, -0.25) is 0 Å². The maximum absolute atomic E-state index is 11.8. The van der Waals surface area contributed by atoms with E-state index >= 15 is 0 Å². The van der Waals surface area contributed by atoms with Gasteiger partial charge in [-0.05, 0) is 38.7 Å². The summed E-state index contributed by atoms with van der Waals surface area (Å²) in [7, 11) is 0. The quantitative estimate of drug-likeness (QED) is 0.292. The minimum absolute atomic E-state index is 0.0805. The summed E-state index contributed by atoms with van der Waals surface area (Å²) in [6, 6.07) is 8.11. The third-order valence-corrected chi connectivity index (χ3v) is 6.05. The standard InChI is InChI=1S/C24H29ClN4O2/c1-5-21(30)31-24(6-2,7-3)13-12-16(4)28-23-27-15-19(25)22(29-23)18-14-26-20-11-9-8-10-17(18)20/h5,8-11,14-16,26H,1,6-7,12-13H2,2-4H3,(H,27,28,29).